The van der Waals surface area contributed by atoms with Crippen molar-refractivity contribution in [3.05, 3.63) is 40.9 Å². The van der Waals surface area contributed by atoms with Crippen LogP contribution in [-0.4, -0.2) is 22.8 Å². The van der Waals surface area contributed by atoms with Crippen LogP contribution in [-0.2, 0) is 9.59 Å². The molecule has 0 aromatic heterocycles. The highest BCUT2D eigenvalue weighted by Gasteiger charge is 2.25. The van der Waals surface area contributed by atoms with E-state index in [4.69, 9.17) is 11.6 Å². The van der Waals surface area contributed by atoms with Crippen molar-refractivity contribution in [3.8, 4) is 0 Å². The lowest BCUT2D eigenvalue weighted by atomic mass is 10.2. The van der Waals surface area contributed by atoms with Gasteiger partial charge in [0.2, 0.25) is 11.0 Å². The van der Waals surface area contributed by atoms with Crippen molar-refractivity contribution in [1.29, 1.82) is 0 Å². The maximum absolute atomic E-state index is 11.6. The molecule has 18 heavy (non-hydrogen) atoms. The van der Waals surface area contributed by atoms with Gasteiger partial charge in [-0.1, -0.05) is 41.6 Å². The monoisotopic (exact) mass is 281 g/mol. The molecule has 0 saturated carbocycles. The van der Waals surface area contributed by atoms with Crippen LogP contribution < -0.4 is 5.32 Å². The highest BCUT2D eigenvalue weighted by molar-refractivity contribution is 8.14. The fourth-order valence-electron chi connectivity index (χ4n) is 1.62. The SMILES string of the molecule is O=C(/C=C/c1ccccc1Cl)N[C@H]1CCSC1=O. The molecule has 1 aliphatic rings. The molecule has 1 fully saturated rings. The molecule has 1 atom stereocenters. The molecule has 1 aromatic rings. The number of carbonyl (C=O) groups is 2. The first-order chi connectivity index (χ1) is 8.66. The quantitative estimate of drug-likeness (QED) is 0.866. The van der Waals surface area contributed by atoms with Gasteiger partial charge in [0.1, 0.15) is 0 Å². The molecule has 0 spiro atoms. The van der Waals surface area contributed by atoms with Gasteiger partial charge in [0.15, 0.2) is 0 Å². The molecule has 0 unspecified atom stereocenters. The number of hydrogen-bond donors (Lipinski definition) is 1. The molecule has 1 aliphatic heterocycles. The second kappa shape index (κ2) is 6.07. The van der Waals surface area contributed by atoms with Crippen LogP contribution in [0.3, 0.4) is 0 Å². The summed E-state index contributed by atoms with van der Waals surface area (Å²) in [4.78, 5) is 23.0. The molecule has 1 N–H and O–H groups in total. The van der Waals surface area contributed by atoms with Gasteiger partial charge in [-0.15, -0.1) is 0 Å². The zero-order valence-electron chi connectivity index (χ0n) is 9.56. The summed E-state index contributed by atoms with van der Waals surface area (Å²) in [5.41, 5.74) is 0.779. The predicted octanol–water partition coefficient (Wildman–Crippen LogP) is 2.50. The summed E-state index contributed by atoms with van der Waals surface area (Å²) in [5.74, 6) is 0.508. The van der Waals surface area contributed by atoms with Crippen molar-refractivity contribution in [2.45, 2.75) is 12.5 Å². The summed E-state index contributed by atoms with van der Waals surface area (Å²) < 4.78 is 0. The number of carbonyl (C=O) groups excluding carboxylic acids is 2. The summed E-state index contributed by atoms with van der Waals surface area (Å²) in [6, 6.07) is 6.91. The number of benzene rings is 1. The molecular formula is C13H12ClNO2S. The number of nitrogens with one attached hydrogen (secondary N) is 1. The standard InChI is InChI=1S/C13H12ClNO2S/c14-10-4-2-1-3-9(10)5-6-12(16)15-11-7-8-18-13(11)17/h1-6,11H,7-8H2,(H,15,16)/b6-5+/t11-/m0/s1. The van der Waals surface area contributed by atoms with E-state index in [1.54, 1.807) is 12.1 Å². The largest absolute Gasteiger partial charge is 0.342 e. The highest BCUT2D eigenvalue weighted by atomic mass is 35.5. The third-order valence-electron chi connectivity index (χ3n) is 2.57. The molecule has 0 radical (unpaired) electrons. The van der Waals surface area contributed by atoms with E-state index in [2.05, 4.69) is 5.32 Å². The smallest absolute Gasteiger partial charge is 0.244 e. The Morgan fingerprint density at radius 2 is 2.22 bits per heavy atom. The van der Waals surface area contributed by atoms with Gasteiger partial charge in [-0.2, -0.15) is 0 Å². The number of thioether (sulfide) groups is 1. The van der Waals surface area contributed by atoms with E-state index < -0.39 is 0 Å². The van der Waals surface area contributed by atoms with Crippen molar-refractivity contribution < 1.29 is 9.59 Å². The third kappa shape index (κ3) is 3.37. The number of rotatable bonds is 3. The molecule has 0 aliphatic carbocycles. The minimum Gasteiger partial charge on any atom is -0.342 e. The summed E-state index contributed by atoms with van der Waals surface area (Å²) in [7, 11) is 0. The molecule has 1 saturated heterocycles. The number of hydrogen-bond acceptors (Lipinski definition) is 3. The van der Waals surface area contributed by atoms with Crippen LogP contribution in [0.4, 0.5) is 0 Å². The van der Waals surface area contributed by atoms with E-state index in [1.165, 1.54) is 17.8 Å². The Morgan fingerprint density at radius 1 is 1.44 bits per heavy atom. The molecule has 1 amide bonds. The van der Waals surface area contributed by atoms with Crippen molar-refractivity contribution in [2.75, 3.05) is 5.75 Å². The van der Waals surface area contributed by atoms with Crippen LogP contribution >= 0.6 is 23.4 Å². The second-order valence-electron chi connectivity index (χ2n) is 3.87. The lowest BCUT2D eigenvalue weighted by molar-refractivity contribution is -0.120. The fraction of sp³-hybridized carbons (Fsp3) is 0.231. The van der Waals surface area contributed by atoms with Crippen molar-refractivity contribution in [2.24, 2.45) is 0 Å². The van der Waals surface area contributed by atoms with Gasteiger partial charge >= 0.3 is 0 Å². The fourth-order valence-corrected chi connectivity index (χ4v) is 2.75. The Morgan fingerprint density at radius 3 is 2.89 bits per heavy atom. The maximum Gasteiger partial charge on any atom is 0.244 e. The van der Waals surface area contributed by atoms with Gasteiger partial charge in [-0.25, -0.2) is 0 Å². The molecule has 0 bridgehead atoms. The van der Waals surface area contributed by atoms with Crippen LogP contribution in [0.15, 0.2) is 30.3 Å². The molecule has 1 heterocycles. The molecule has 1 aromatic carbocycles. The molecule has 94 valence electrons. The second-order valence-corrected chi connectivity index (χ2v) is 5.38. The lowest BCUT2D eigenvalue weighted by Gasteiger charge is -2.07. The van der Waals surface area contributed by atoms with Gasteiger partial charge in [0.05, 0.1) is 6.04 Å². The van der Waals surface area contributed by atoms with Gasteiger partial charge in [-0.05, 0) is 24.1 Å². The molecule has 5 heteroatoms. The van der Waals surface area contributed by atoms with Crippen molar-refractivity contribution in [1.82, 2.24) is 5.32 Å². The molecule has 2 rings (SSSR count). The van der Waals surface area contributed by atoms with Crippen molar-refractivity contribution >= 4 is 40.5 Å². The van der Waals surface area contributed by atoms with E-state index in [0.717, 1.165) is 11.3 Å². The van der Waals surface area contributed by atoms with E-state index in [-0.39, 0.29) is 17.1 Å². The lowest BCUT2D eigenvalue weighted by Crippen LogP contribution is -2.35. The van der Waals surface area contributed by atoms with Gasteiger partial charge in [0.25, 0.3) is 0 Å². The Labute approximate surface area is 115 Å². The van der Waals surface area contributed by atoms with Gasteiger partial charge in [-0.3, -0.25) is 9.59 Å². The summed E-state index contributed by atoms with van der Waals surface area (Å²) in [5, 5.41) is 3.31. The van der Waals surface area contributed by atoms with Crippen LogP contribution in [0.2, 0.25) is 5.02 Å². The third-order valence-corrected chi connectivity index (χ3v) is 3.92. The average molecular weight is 282 g/mol. The summed E-state index contributed by atoms with van der Waals surface area (Å²) in [6.07, 6.45) is 3.75. The van der Waals surface area contributed by atoms with Crippen LogP contribution in [0, 0.1) is 0 Å². The zero-order chi connectivity index (χ0) is 13.0. The average Bonchev–Trinajstić information content (AvgIpc) is 2.74. The van der Waals surface area contributed by atoms with Crippen LogP contribution in [0.5, 0.6) is 0 Å². The Hall–Kier alpha value is -1.26. The Bertz CT molecular complexity index is 502. The normalized spacial score (nSPS) is 19.4. The topological polar surface area (TPSA) is 46.2 Å². The predicted molar refractivity (Wildman–Crippen MR) is 74.5 cm³/mol. The van der Waals surface area contributed by atoms with E-state index >= 15 is 0 Å². The first-order valence-corrected chi connectivity index (χ1v) is 6.93. The summed E-state index contributed by atoms with van der Waals surface area (Å²) >= 11 is 7.23. The molecular weight excluding hydrogens is 270 g/mol. The van der Waals surface area contributed by atoms with Crippen LogP contribution in [0.25, 0.3) is 6.08 Å². The number of halogens is 1. The first-order valence-electron chi connectivity index (χ1n) is 5.56. The van der Waals surface area contributed by atoms with E-state index in [9.17, 15) is 9.59 Å². The first kappa shape index (κ1) is 13.2. The minimum atomic E-state index is -0.349. The van der Waals surface area contributed by atoms with Crippen LogP contribution in [0.1, 0.15) is 12.0 Å². The molecule has 3 nitrogen and oxygen atoms in total. The zero-order valence-corrected chi connectivity index (χ0v) is 11.1. The van der Waals surface area contributed by atoms with E-state index in [0.29, 0.717) is 11.4 Å². The number of amides is 1. The highest BCUT2D eigenvalue weighted by Crippen LogP contribution is 2.19. The minimum absolute atomic E-state index is 0.0366. The van der Waals surface area contributed by atoms with Gasteiger partial charge in [0, 0.05) is 16.9 Å². The van der Waals surface area contributed by atoms with Crippen molar-refractivity contribution in [3.63, 3.8) is 0 Å². The Kier molecular flexibility index (Phi) is 4.44. The Balaban J connectivity index is 1.95. The van der Waals surface area contributed by atoms with E-state index in [1.807, 2.05) is 18.2 Å². The maximum atomic E-state index is 11.6. The summed E-state index contributed by atoms with van der Waals surface area (Å²) in [6.45, 7) is 0. The van der Waals surface area contributed by atoms with Gasteiger partial charge < -0.3 is 5.32 Å².